The second-order valence-corrected chi connectivity index (χ2v) is 11.0. The summed E-state index contributed by atoms with van der Waals surface area (Å²) < 4.78 is 15.7. The van der Waals surface area contributed by atoms with Gasteiger partial charge in [0.1, 0.15) is 23.8 Å². The Hall–Kier alpha value is -3.05. The summed E-state index contributed by atoms with van der Waals surface area (Å²) >= 11 is 0. The smallest absolute Gasteiger partial charge is 0.410 e. The first kappa shape index (κ1) is 30.2. The molecule has 0 aromatic heterocycles. The summed E-state index contributed by atoms with van der Waals surface area (Å²) in [5, 5.41) is 7.97. The molecule has 210 valence electrons. The van der Waals surface area contributed by atoms with Crippen LogP contribution in [-0.2, 0) is 28.6 Å². The lowest BCUT2D eigenvalue weighted by atomic mass is 9.97. The van der Waals surface area contributed by atoms with Gasteiger partial charge in [-0.05, 0) is 46.0 Å². The molecule has 0 bridgehead atoms. The van der Waals surface area contributed by atoms with Gasteiger partial charge in [-0.1, -0.05) is 13.8 Å². The highest BCUT2D eigenvalue weighted by molar-refractivity contribution is 5.90. The summed E-state index contributed by atoms with van der Waals surface area (Å²) in [5.41, 5.74) is -0.591. The van der Waals surface area contributed by atoms with Crippen molar-refractivity contribution in [2.75, 3.05) is 26.7 Å². The Labute approximate surface area is 218 Å². The third kappa shape index (κ3) is 10.1. The number of alkyl carbamates (subject to hydrolysis) is 1. The molecule has 37 heavy (non-hydrogen) atoms. The summed E-state index contributed by atoms with van der Waals surface area (Å²) in [5.74, 6) is -1.72. The first-order valence-electron chi connectivity index (χ1n) is 12.9. The van der Waals surface area contributed by atoms with Gasteiger partial charge in [0.2, 0.25) is 11.8 Å². The van der Waals surface area contributed by atoms with E-state index in [0.717, 1.165) is 0 Å². The van der Waals surface area contributed by atoms with Crippen molar-refractivity contribution in [1.82, 2.24) is 20.9 Å². The number of hydrogen-bond acceptors (Lipinski definition) is 8. The molecule has 0 radical (unpaired) electrons. The number of amides is 4. The van der Waals surface area contributed by atoms with Gasteiger partial charge in [0, 0.05) is 38.4 Å². The lowest BCUT2D eigenvalue weighted by Gasteiger charge is -2.33. The molecule has 2 aliphatic rings. The maximum absolute atomic E-state index is 13.1. The molecule has 12 nitrogen and oxygen atoms in total. The molecule has 2 rings (SSSR count). The van der Waals surface area contributed by atoms with E-state index in [0.29, 0.717) is 45.3 Å². The van der Waals surface area contributed by atoms with Crippen LogP contribution >= 0.6 is 0 Å². The highest BCUT2D eigenvalue weighted by Gasteiger charge is 2.34. The summed E-state index contributed by atoms with van der Waals surface area (Å²) in [7, 11) is 1.21. The molecule has 0 aromatic carbocycles. The highest BCUT2D eigenvalue weighted by atomic mass is 16.6. The fourth-order valence-electron chi connectivity index (χ4n) is 4.30. The van der Waals surface area contributed by atoms with Gasteiger partial charge in [-0.3, -0.25) is 9.59 Å². The highest BCUT2D eigenvalue weighted by Crippen LogP contribution is 2.19. The molecule has 4 amide bonds. The van der Waals surface area contributed by atoms with E-state index in [4.69, 9.17) is 14.2 Å². The van der Waals surface area contributed by atoms with Gasteiger partial charge in [0.15, 0.2) is 0 Å². The van der Waals surface area contributed by atoms with Crippen molar-refractivity contribution in [3.8, 4) is 0 Å². The minimum Gasteiger partial charge on any atom is -0.467 e. The summed E-state index contributed by atoms with van der Waals surface area (Å²) in [4.78, 5) is 63.8. The maximum Gasteiger partial charge on any atom is 0.410 e. The predicted molar refractivity (Wildman–Crippen MR) is 133 cm³/mol. The number of hydrogen-bond donors (Lipinski definition) is 3. The van der Waals surface area contributed by atoms with Crippen molar-refractivity contribution in [2.24, 2.45) is 11.8 Å². The van der Waals surface area contributed by atoms with Crippen LogP contribution < -0.4 is 16.0 Å². The number of ether oxygens (including phenoxy) is 3. The average molecular weight is 527 g/mol. The Morgan fingerprint density at radius 2 is 1.70 bits per heavy atom. The molecule has 12 heteroatoms. The number of rotatable bonds is 9. The topological polar surface area (TPSA) is 152 Å². The summed E-state index contributed by atoms with van der Waals surface area (Å²) in [6.07, 6.45) is 0.318. The fourth-order valence-corrected chi connectivity index (χ4v) is 4.30. The van der Waals surface area contributed by atoms with Gasteiger partial charge in [0.05, 0.1) is 7.11 Å². The van der Waals surface area contributed by atoms with Crippen LogP contribution in [0.1, 0.15) is 66.7 Å². The minimum atomic E-state index is -1.02. The lowest BCUT2D eigenvalue weighted by Crippen LogP contribution is -2.53. The standard InChI is InChI=1S/C25H42N4O8/c1-15(2)13-18(21(31)27-19(22(32)35-6)14-16-7-10-26-20(16)30)28-23(33)36-17-8-11-29(12-9-17)24(34)37-25(3,4)5/h15-19H,7-14H2,1-6H3,(H,26,30)(H,27,31)(H,28,33)/t16-,18-,19-/m0/s1. The number of piperidine rings is 1. The first-order chi connectivity index (χ1) is 17.3. The molecule has 2 heterocycles. The van der Waals surface area contributed by atoms with Crippen LogP contribution in [0.2, 0.25) is 0 Å². The van der Waals surface area contributed by atoms with Crippen LogP contribution in [0, 0.1) is 11.8 Å². The molecular formula is C25H42N4O8. The van der Waals surface area contributed by atoms with Crippen molar-refractivity contribution in [2.45, 2.75) is 90.5 Å². The Morgan fingerprint density at radius 3 is 2.22 bits per heavy atom. The number of nitrogens with zero attached hydrogens (tertiary/aromatic N) is 1. The van der Waals surface area contributed by atoms with E-state index in [-0.39, 0.29) is 18.2 Å². The fraction of sp³-hybridized carbons (Fsp3) is 0.800. The van der Waals surface area contributed by atoms with E-state index >= 15 is 0 Å². The van der Waals surface area contributed by atoms with Gasteiger partial charge >= 0.3 is 18.2 Å². The van der Waals surface area contributed by atoms with Gasteiger partial charge < -0.3 is 35.1 Å². The molecule has 2 saturated heterocycles. The van der Waals surface area contributed by atoms with Gasteiger partial charge in [0.25, 0.3) is 0 Å². The Bertz CT molecular complexity index is 833. The monoisotopic (exact) mass is 526 g/mol. The van der Waals surface area contributed by atoms with E-state index in [1.165, 1.54) is 7.11 Å². The van der Waals surface area contributed by atoms with E-state index in [1.54, 1.807) is 25.7 Å². The molecule has 0 aromatic rings. The van der Waals surface area contributed by atoms with Crippen LogP contribution in [0.3, 0.4) is 0 Å². The SMILES string of the molecule is COC(=O)[C@H](C[C@@H]1CCNC1=O)NC(=O)[C@H](CC(C)C)NC(=O)OC1CCN(C(=O)OC(C)(C)C)CC1. The molecule has 0 unspecified atom stereocenters. The Kier molecular flexibility index (Phi) is 11.0. The third-order valence-corrected chi connectivity index (χ3v) is 6.17. The Morgan fingerprint density at radius 1 is 1.05 bits per heavy atom. The second kappa shape index (κ2) is 13.5. The Balaban J connectivity index is 1.92. The zero-order valence-electron chi connectivity index (χ0n) is 22.8. The molecule has 3 N–H and O–H groups in total. The van der Waals surface area contributed by atoms with E-state index in [2.05, 4.69) is 16.0 Å². The first-order valence-corrected chi connectivity index (χ1v) is 12.9. The lowest BCUT2D eigenvalue weighted by molar-refractivity contribution is -0.146. The van der Waals surface area contributed by atoms with Crippen molar-refractivity contribution in [1.29, 1.82) is 0 Å². The van der Waals surface area contributed by atoms with Gasteiger partial charge in [-0.15, -0.1) is 0 Å². The molecule has 2 fully saturated rings. The summed E-state index contributed by atoms with van der Waals surface area (Å²) in [6.45, 7) is 10.5. The zero-order chi connectivity index (χ0) is 27.8. The second-order valence-electron chi connectivity index (χ2n) is 11.0. The molecule has 0 spiro atoms. The zero-order valence-corrected chi connectivity index (χ0v) is 22.8. The quantitative estimate of drug-likeness (QED) is 0.303. The molecular weight excluding hydrogens is 484 g/mol. The number of nitrogens with one attached hydrogen (secondary N) is 3. The molecule has 3 atom stereocenters. The summed E-state index contributed by atoms with van der Waals surface area (Å²) in [6, 6.07) is -1.96. The van der Waals surface area contributed by atoms with Crippen LogP contribution in [0.15, 0.2) is 0 Å². The van der Waals surface area contributed by atoms with Crippen molar-refractivity contribution in [3.05, 3.63) is 0 Å². The van der Waals surface area contributed by atoms with E-state index < -0.39 is 53.8 Å². The minimum absolute atomic E-state index is 0.0605. The molecule has 0 aliphatic carbocycles. The van der Waals surface area contributed by atoms with Crippen LogP contribution in [-0.4, -0.2) is 85.4 Å². The molecule has 2 aliphatic heterocycles. The van der Waals surface area contributed by atoms with E-state index in [1.807, 2.05) is 13.8 Å². The van der Waals surface area contributed by atoms with E-state index in [9.17, 15) is 24.0 Å². The third-order valence-electron chi connectivity index (χ3n) is 6.17. The number of esters is 1. The number of methoxy groups -OCH3 is 1. The van der Waals surface area contributed by atoms with Crippen LogP contribution in [0.4, 0.5) is 9.59 Å². The maximum atomic E-state index is 13.1. The largest absolute Gasteiger partial charge is 0.467 e. The average Bonchev–Trinajstić information content (AvgIpc) is 3.20. The van der Waals surface area contributed by atoms with Crippen molar-refractivity contribution in [3.63, 3.8) is 0 Å². The number of carbonyl (C=O) groups excluding carboxylic acids is 5. The van der Waals surface area contributed by atoms with Crippen molar-refractivity contribution < 1.29 is 38.2 Å². The normalized spacial score (nSPS) is 20.0. The van der Waals surface area contributed by atoms with Gasteiger partial charge in [-0.2, -0.15) is 0 Å². The van der Waals surface area contributed by atoms with Gasteiger partial charge in [-0.25, -0.2) is 14.4 Å². The van der Waals surface area contributed by atoms with Crippen molar-refractivity contribution >= 4 is 30.0 Å². The molecule has 0 saturated carbocycles. The van der Waals surface area contributed by atoms with Crippen LogP contribution in [0.5, 0.6) is 0 Å². The van der Waals surface area contributed by atoms with Crippen LogP contribution in [0.25, 0.3) is 0 Å². The predicted octanol–water partition coefficient (Wildman–Crippen LogP) is 1.71. The number of likely N-dealkylation sites (tertiary alicyclic amines) is 1. The number of carbonyl (C=O) groups is 5.